The van der Waals surface area contributed by atoms with Gasteiger partial charge in [0.25, 0.3) is 0 Å². The minimum atomic E-state index is 0.272. The first kappa shape index (κ1) is 9.66. The molecule has 84 valence electrons. The van der Waals surface area contributed by atoms with E-state index in [1.807, 2.05) is 6.07 Å². The summed E-state index contributed by atoms with van der Waals surface area (Å²) >= 11 is 0. The van der Waals surface area contributed by atoms with Crippen molar-refractivity contribution in [1.82, 2.24) is 15.3 Å². The fourth-order valence-corrected chi connectivity index (χ4v) is 1.85. The van der Waals surface area contributed by atoms with Crippen molar-refractivity contribution >= 4 is 11.0 Å². The molecule has 4 nitrogen and oxygen atoms in total. The van der Waals surface area contributed by atoms with Gasteiger partial charge in [-0.05, 0) is 37.4 Å². The molecule has 0 bridgehead atoms. The first-order valence-corrected chi connectivity index (χ1v) is 5.69. The van der Waals surface area contributed by atoms with Crippen LogP contribution in [0.15, 0.2) is 18.2 Å². The summed E-state index contributed by atoms with van der Waals surface area (Å²) in [5, 5.41) is 12.7. The second-order valence-electron chi connectivity index (χ2n) is 4.46. The summed E-state index contributed by atoms with van der Waals surface area (Å²) in [5.41, 5.74) is 1.80. The first-order valence-electron chi connectivity index (χ1n) is 5.69. The molecule has 0 radical (unpaired) electrons. The van der Waals surface area contributed by atoms with Crippen molar-refractivity contribution in [3.05, 3.63) is 24.0 Å². The summed E-state index contributed by atoms with van der Waals surface area (Å²) in [6.45, 7) is 1.86. The zero-order chi connectivity index (χ0) is 11.0. The van der Waals surface area contributed by atoms with Crippen molar-refractivity contribution in [2.75, 3.05) is 6.54 Å². The molecule has 3 rings (SSSR count). The maximum atomic E-state index is 9.33. The number of aromatic nitrogens is 2. The molecule has 1 aromatic carbocycles. The van der Waals surface area contributed by atoms with Gasteiger partial charge in [0.1, 0.15) is 11.6 Å². The number of rotatable bonds is 4. The summed E-state index contributed by atoms with van der Waals surface area (Å²) in [7, 11) is 0. The van der Waals surface area contributed by atoms with Gasteiger partial charge < -0.3 is 15.4 Å². The van der Waals surface area contributed by atoms with Gasteiger partial charge in [0, 0.05) is 6.07 Å². The molecule has 1 aliphatic carbocycles. The van der Waals surface area contributed by atoms with Crippen LogP contribution in [0.25, 0.3) is 11.0 Å². The Kier molecular flexibility index (Phi) is 2.29. The quantitative estimate of drug-likeness (QED) is 0.731. The lowest BCUT2D eigenvalue weighted by atomic mass is 10.3. The van der Waals surface area contributed by atoms with Crippen LogP contribution in [0.5, 0.6) is 5.75 Å². The van der Waals surface area contributed by atoms with E-state index >= 15 is 0 Å². The van der Waals surface area contributed by atoms with Crippen LogP contribution in [0.3, 0.4) is 0 Å². The molecule has 1 saturated carbocycles. The van der Waals surface area contributed by atoms with Crippen LogP contribution in [0.1, 0.15) is 18.7 Å². The highest BCUT2D eigenvalue weighted by atomic mass is 16.3. The van der Waals surface area contributed by atoms with Gasteiger partial charge >= 0.3 is 0 Å². The van der Waals surface area contributed by atoms with Crippen LogP contribution in [0, 0.1) is 5.92 Å². The van der Waals surface area contributed by atoms with E-state index in [0.717, 1.165) is 35.9 Å². The molecule has 1 aromatic heterocycles. The monoisotopic (exact) mass is 217 g/mol. The number of aromatic amines is 1. The number of hydrogen-bond acceptors (Lipinski definition) is 3. The summed E-state index contributed by atoms with van der Waals surface area (Å²) in [6.07, 6.45) is 2.72. The largest absolute Gasteiger partial charge is 0.508 e. The van der Waals surface area contributed by atoms with E-state index in [2.05, 4.69) is 15.3 Å². The lowest BCUT2D eigenvalue weighted by molar-refractivity contribution is 0.476. The molecule has 1 fully saturated rings. The van der Waals surface area contributed by atoms with E-state index < -0.39 is 0 Å². The van der Waals surface area contributed by atoms with Gasteiger partial charge in [0.15, 0.2) is 0 Å². The number of hydrogen-bond donors (Lipinski definition) is 3. The molecule has 0 saturated heterocycles. The maximum Gasteiger partial charge on any atom is 0.121 e. The molecule has 2 aromatic rings. The topological polar surface area (TPSA) is 60.9 Å². The highest BCUT2D eigenvalue weighted by Gasteiger charge is 2.20. The van der Waals surface area contributed by atoms with Crippen molar-refractivity contribution in [3.63, 3.8) is 0 Å². The fraction of sp³-hybridized carbons (Fsp3) is 0.417. The average molecular weight is 217 g/mol. The van der Waals surface area contributed by atoms with E-state index in [-0.39, 0.29) is 5.75 Å². The average Bonchev–Trinajstić information content (AvgIpc) is 2.98. The minimum absolute atomic E-state index is 0.272. The van der Waals surface area contributed by atoms with Crippen LogP contribution in [-0.2, 0) is 6.54 Å². The molecule has 0 aliphatic heterocycles. The minimum Gasteiger partial charge on any atom is -0.508 e. The van der Waals surface area contributed by atoms with E-state index in [1.54, 1.807) is 12.1 Å². The molecular weight excluding hydrogens is 202 g/mol. The van der Waals surface area contributed by atoms with Crippen molar-refractivity contribution in [2.24, 2.45) is 5.92 Å². The summed E-state index contributed by atoms with van der Waals surface area (Å²) < 4.78 is 0. The number of nitrogens with zero attached hydrogens (tertiary/aromatic N) is 1. The van der Waals surface area contributed by atoms with Crippen molar-refractivity contribution < 1.29 is 5.11 Å². The van der Waals surface area contributed by atoms with Crippen LogP contribution in [0.2, 0.25) is 0 Å². The zero-order valence-corrected chi connectivity index (χ0v) is 9.03. The SMILES string of the molecule is Oc1ccc2nc(CNCC3CC3)[nH]c2c1. The number of fused-ring (bicyclic) bond motifs is 1. The van der Waals surface area contributed by atoms with Crippen molar-refractivity contribution in [1.29, 1.82) is 0 Å². The molecule has 0 amide bonds. The van der Waals surface area contributed by atoms with Gasteiger partial charge in [0.2, 0.25) is 0 Å². The van der Waals surface area contributed by atoms with E-state index in [0.29, 0.717) is 0 Å². The molecule has 4 heteroatoms. The highest BCUT2D eigenvalue weighted by Crippen LogP contribution is 2.27. The molecule has 3 N–H and O–H groups in total. The van der Waals surface area contributed by atoms with E-state index in [1.165, 1.54) is 12.8 Å². The van der Waals surface area contributed by atoms with Gasteiger partial charge in [-0.25, -0.2) is 4.98 Å². The third-order valence-electron chi connectivity index (χ3n) is 2.94. The second kappa shape index (κ2) is 3.79. The highest BCUT2D eigenvalue weighted by molar-refractivity contribution is 5.76. The molecule has 1 aliphatic rings. The lowest BCUT2D eigenvalue weighted by Gasteiger charge is -1.98. The van der Waals surface area contributed by atoms with Crippen LogP contribution in [0.4, 0.5) is 0 Å². The van der Waals surface area contributed by atoms with Gasteiger partial charge in [-0.3, -0.25) is 0 Å². The van der Waals surface area contributed by atoms with Crippen LogP contribution >= 0.6 is 0 Å². The predicted octanol–water partition coefficient (Wildman–Crippen LogP) is 1.77. The summed E-state index contributed by atoms with van der Waals surface area (Å²) in [4.78, 5) is 7.64. The number of phenolic OH excluding ortho intramolecular Hbond substituents is 1. The maximum absolute atomic E-state index is 9.33. The Bertz CT molecular complexity index is 502. The Morgan fingerprint density at radius 3 is 3.12 bits per heavy atom. The summed E-state index contributed by atoms with van der Waals surface area (Å²) in [5.74, 6) is 2.09. The number of H-pyrrole nitrogens is 1. The number of imidazole rings is 1. The Hall–Kier alpha value is -1.55. The lowest BCUT2D eigenvalue weighted by Crippen LogP contribution is -2.16. The summed E-state index contributed by atoms with van der Waals surface area (Å²) in [6, 6.07) is 5.18. The molecule has 16 heavy (non-hydrogen) atoms. The Morgan fingerprint density at radius 2 is 2.31 bits per heavy atom. The van der Waals surface area contributed by atoms with Crippen LogP contribution < -0.4 is 5.32 Å². The Labute approximate surface area is 93.7 Å². The van der Waals surface area contributed by atoms with Gasteiger partial charge in [-0.1, -0.05) is 0 Å². The third kappa shape index (κ3) is 2.02. The van der Waals surface area contributed by atoms with Gasteiger partial charge in [-0.15, -0.1) is 0 Å². The Balaban J connectivity index is 1.71. The smallest absolute Gasteiger partial charge is 0.121 e. The first-order chi connectivity index (χ1) is 7.81. The number of nitrogens with one attached hydrogen (secondary N) is 2. The Morgan fingerprint density at radius 1 is 1.44 bits per heavy atom. The third-order valence-corrected chi connectivity index (χ3v) is 2.94. The molecule has 0 spiro atoms. The zero-order valence-electron chi connectivity index (χ0n) is 9.03. The van der Waals surface area contributed by atoms with Crippen molar-refractivity contribution in [2.45, 2.75) is 19.4 Å². The second-order valence-corrected chi connectivity index (χ2v) is 4.46. The molecule has 1 heterocycles. The van der Waals surface area contributed by atoms with E-state index in [9.17, 15) is 5.11 Å². The van der Waals surface area contributed by atoms with Gasteiger partial charge in [0.05, 0.1) is 17.6 Å². The fourth-order valence-electron chi connectivity index (χ4n) is 1.85. The van der Waals surface area contributed by atoms with E-state index in [4.69, 9.17) is 0 Å². The number of aromatic hydroxyl groups is 1. The number of phenols is 1. The molecule has 0 unspecified atom stereocenters. The number of benzene rings is 1. The molecular formula is C12H15N3O. The normalized spacial score (nSPS) is 15.8. The molecule has 0 atom stereocenters. The standard InChI is InChI=1S/C12H15N3O/c16-9-3-4-10-11(5-9)15-12(14-10)7-13-6-8-1-2-8/h3-5,8,13,16H,1-2,6-7H2,(H,14,15). The predicted molar refractivity (Wildman–Crippen MR) is 62.2 cm³/mol. The van der Waals surface area contributed by atoms with Crippen molar-refractivity contribution in [3.8, 4) is 5.75 Å². The van der Waals surface area contributed by atoms with Gasteiger partial charge in [-0.2, -0.15) is 0 Å². The van der Waals surface area contributed by atoms with Crippen LogP contribution in [-0.4, -0.2) is 21.6 Å².